The smallest absolute Gasteiger partial charge is 0.217 e. The molecule has 0 fully saturated rings. The van der Waals surface area contributed by atoms with Gasteiger partial charge >= 0.3 is 0 Å². The molecule has 1 aromatic carbocycles. The Bertz CT molecular complexity index is 334. The highest BCUT2D eigenvalue weighted by Gasteiger charge is 2.18. The molecule has 0 amide bonds. The normalized spacial score (nSPS) is 12.1. The van der Waals surface area contributed by atoms with Gasteiger partial charge in [-0.2, -0.15) is 0 Å². The van der Waals surface area contributed by atoms with Gasteiger partial charge in [0.05, 0.1) is 6.42 Å². The first-order valence-electron chi connectivity index (χ1n) is 4.33. The Hall–Kier alpha value is -1.71. The molecule has 4 nitrogen and oxygen atoms in total. The fraction of sp³-hybridized carbons (Fsp3) is 0.300. The number of ketones is 1. The lowest BCUT2D eigenvalue weighted by Crippen LogP contribution is -2.19. The molecule has 14 heavy (non-hydrogen) atoms. The van der Waals surface area contributed by atoms with Crippen molar-refractivity contribution in [2.45, 2.75) is 19.4 Å². The molecule has 0 bridgehead atoms. The molecule has 0 N–H and O–H groups in total. The van der Waals surface area contributed by atoms with Crippen molar-refractivity contribution in [3.05, 3.63) is 46.0 Å². The predicted octanol–water partition coefficient (Wildman–Crippen LogP) is 1.92. The van der Waals surface area contributed by atoms with E-state index in [1.54, 1.807) is 30.3 Å². The first-order chi connectivity index (χ1) is 6.61. The van der Waals surface area contributed by atoms with Gasteiger partial charge in [0.15, 0.2) is 5.78 Å². The van der Waals surface area contributed by atoms with Gasteiger partial charge in [0.25, 0.3) is 0 Å². The van der Waals surface area contributed by atoms with Crippen LogP contribution in [0.1, 0.15) is 23.7 Å². The molecule has 0 aliphatic carbocycles. The third-order valence-electron chi connectivity index (χ3n) is 1.94. The van der Waals surface area contributed by atoms with E-state index in [2.05, 4.69) is 0 Å². The van der Waals surface area contributed by atoms with E-state index < -0.39 is 11.0 Å². The molecule has 0 radical (unpaired) electrons. The average molecular weight is 193 g/mol. The largest absolute Gasteiger partial charge is 0.294 e. The lowest BCUT2D eigenvalue weighted by atomic mass is 10.1. The second kappa shape index (κ2) is 4.50. The molecular formula is C10H11NO3. The van der Waals surface area contributed by atoms with E-state index >= 15 is 0 Å². The van der Waals surface area contributed by atoms with Gasteiger partial charge in [0, 0.05) is 17.4 Å². The topological polar surface area (TPSA) is 60.2 Å². The summed E-state index contributed by atoms with van der Waals surface area (Å²) in [4.78, 5) is 21.3. The first-order valence-corrected chi connectivity index (χ1v) is 4.33. The number of rotatable bonds is 4. The van der Waals surface area contributed by atoms with Gasteiger partial charge in [-0.3, -0.25) is 14.9 Å². The van der Waals surface area contributed by atoms with Gasteiger partial charge in [-0.1, -0.05) is 30.3 Å². The summed E-state index contributed by atoms with van der Waals surface area (Å²) in [5.74, 6) is -0.185. The van der Waals surface area contributed by atoms with E-state index in [0.717, 1.165) is 0 Å². The number of nitro groups is 1. The van der Waals surface area contributed by atoms with Crippen LogP contribution in [0.3, 0.4) is 0 Å². The van der Waals surface area contributed by atoms with Crippen molar-refractivity contribution in [2.24, 2.45) is 0 Å². The summed E-state index contributed by atoms with van der Waals surface area (Å²) in [5, 5.41) is 10.3. The van der Waals surface area contributed by atoms with Gasteiger partial charge in [0.2, 0.25) is 6.04 Å². The summed E-state index contributed by atoms with van der Waals surface area (Å²) in [5.41, 5.74) is 0.529. The SMILES string of the molecule is C[C@H](CC(=O)c1ccccc1)[N+](=O)[O-]. The molecule has 74 valence electrons. The summed E-state index contributed by atoms with van der Waals surface area (Å²) in [6.45, 7) is 1.43. The van der Waals surface area contributed by atoms with Gasteiger partial charge in [0.1, 0.15) is 0 Å². The predicted molar refractivity (Wildman–Crippen MR) is 51.8 cm³/mol. The number of nitrogens with zero attached hydrogens (tertiary/aromatic N) is 1. The molecule has 0 heterocycles. The summed E-state index contributed by atoms with van der Waals surface area (Å²) in [7, 11) is 0. The maximum absolute atomic E-state index is 11.5. The molecule has 0 spiro atoms. The van der Waals surface area contributed by atoms with Crippen molar-refractivity contribution in [2.75, 3.05) is 0 Å². The highest BCUT2D eigenvalue weighted by atomic mass is 16.6. The Balaban J connectivity index is 2.64. The van der Waals surface area contributed by atoms with Crippen LogP contribution in [0.15, 0.2) is 30.3 Å². The molecule has 4 heteroatoms. The number of benzene rings is 1. The minimum absolute atomic E-state index is 0.0446. The van der Waals surface area contributed by atoms with E-state index in [1.807, 2.05) is 0 Å². The van der Waals surface area contributed by atoms with Gasteiger partial charge < -0.3 is 0 Å². The maximum Gasteiger partial charge on any atom is 0.217 e. The third-order valence-corrected chi connectivity index (χ3v) is 1.94. The number of carbonyl (C=O) groups excluding carboxylic acids is 1. The second-order valence-corrected chi connectivity index (χ2v) is 3.13. The molecule has 1 atom stereocenters. The van der Waals surface area contributed by atoms with Crippen LogP contribution in [0.2, 0.25) is 0 Å². The van der Waals surface area contributed by atoms with Crippen LogP contribution in [-0.2, 0) is 0 Å². The molecular weight excluding hydrogens is 182 g/mol. The van der Waals surface area contributed by atoms with E-state index in [4.69, 9.17) is 0 Å². The zero-order valence-electron chi connectivity index (χ0n) is 7.84. The van der Waals surface area contributed by atoms with Gasteiger partial charge in [-0.25, -0.2) is 0 Å². The minimum Gasteiger partial charge on any atom is -0.294 e. The summed E-state index contributed by atoms with van der Waals surface area (Å²) >= 11 is 0. The van der Waals surface area contributed by atoms with Crippen LogP contribution in [0.25, 0.3) is 0 Å². The van der Waals surface area contributed by atoms with E-state index in [-0.39, 0.29) is 12.2 Å². The zero-order valence-corrected chi connectivity index (χ0v) is 7.84. The molecule has 1 rings (SSSR count). The van der Waals surface area contributed by atoms with E-state index in [0.29, 0.717) is 5.56 Å². The Morgan fingerprint density at radius 3 is 2.50 bits per heavy atom. The lowest BCUT2D eigenvalue weighted by molar-refractivity contribution is -0.516. The van der Waals surface area contributed by atoms with Crippen molar-refractivity contribution >= 4 is 5.78 Å². The summed E-state index contributed by atoms with van der Waals surface area (Å²) < 4.78 is 0. The number of hydrogen-bond donors (Lipinski definition) is 0. The van der Waals surface area contributed by atoms with Crippen molar-refractivity contribution in [3.8, 4) is 0 Å². The second-order valence-electron chi connectivity index (χ2n) is 3.13. The van der Waals surface area contributed by atoms with Crippen LogP contribution < -0.4 is 0 Å². The standard InChI is InChI=1S/C10H11NO3/c1-8(11(13)14)7-10(12)9-5-3-2-4-6-9/h2-6,8H,7H2,1H3/t8-/m1/s1. The quantitative estimate of drug-likeness (QED) is 0.417. The van der Waals surface area contributed by atoms with Crippen molar-refractivity contribution in [3.63, 3.8) is 0 Å². The fourth-order valence-corrected chi connectivity index (χ4v) is 1.08. The molecule has 0 saturated heterocycles. The van der Waals surface area contributed by atoms with Crippen LogP contribution in [0.4, 0.5) is 0 Å². The fourth-order valence-electron chi connectivity index (χ4n) is 1.08. The van der Waals surface area contributed by atoms with Gasteiger partial charge in [-0.05, 0) is 0 Å². The monoisotopic (exact) mass is 193 g/mol. The van der Waals surface area contributed by atoms with Crippen LogP contribution in [0, 0.1) is 10.1 Å². The van der Waals surface area contributed by atoms with Crippen LogP contribution in [0.5, 0.6) is 0 Å². The Morgan fingerprint density at radius 1 is 1.43 bits per heavy atom. The van der Waals surface area contributed by atoms with Crippen LogP contribution >= 0.6 is 0 Å². The maximum atomic E-state index is 11.5. The molecule has 1 aromatic rings. The third kappa shape index (κ3) is 2.65. The lowest BCUT2D eigenvalue weighted by Gasteiger charge is -2.02. The van der Waals surface area contributed by atoms with Crippen molar-refractivity contribution in [1.82, 2.24) is 0 Å². The average Bonchev–Trinajstić information content (AvgIpc) is 2.19. The van der Waals surface area contributed by atoms with Crippen molar-refractivity contribution in [1.29, 1.82) is 0 Å². The first kappa shape index (κ1) is 10.4. The highest BCUT2D eigenvalue weighted by molar-refractivity contribution is 5.96. The van der Waals surface area contributed by atoms with Crippen LogP contribution in [-0.4, -0.2) is 16.7 Å². The van der Waals surface area contributed by atoms with Crippen molar-refractivity contribution < 1.29 is 9.72 Å². The summed E-state index contributed by atoms with van der Waals surface area (Å²) in [6.07, 6.45) is -0.0446. The Morgan fingerprint density at radius 2 is 2.00 bits per heavy atom. The molecule has 0 aliphatic rings. The van der Waals surface area contributed by atoms with Gasteiger partial charge in [-0.15, -0.1) is 0 Å². The highest BCUT2D eigenvalue weighted by Crippen LogP contribution is 2.06. The Labute approximate surface area is 81.7 Å². The van der Waals surface area contributed by atoms with E-state index in [9.17, 15) is 14.9 Å². The number of hydrogen-bond acceptors (Lipinski definition) is 3. The Kier molecular flexibility index (Phi) is 3.34. The van der Waals surface area contributed by atoms with E-state index in [1.165, 1.54) is 6.92 Å². The molecule has 0 aliphatic heterocycles. The molecule has 0 saturated carbocycles. The zero-order chi connectivity index (χ0) is 10.6. The molecule has 0 unspecified atom stereocenters. The summed E-state index contributed by atoms with van der Waals surface area (Å²) in [6, 6.07) is 7.79. The minimum atomic E-state index is -0.817. The molecule has 0 aromatic heterocycles. The number of Topliss-reactive ketones (excluding diaryl/α,β-unsaturated/α-hetero) is 1. The number of carbonyl (C=O) groups is 1.